The molecule has 1 aromatic carbocycles. The van der Waals surface area contributed by atoms with Gasteiger partial charge >= 0.3 is 0 Å². The van der Waals surface area contributed by atoms with Crippen molar-refractivity contribution in [1.29, 1.82) is 5.26 Å². The van der Waals surface area contributed by atoms with Gasteiger partial charge in [0, 0.05) is 18.2 Å². The van der Waals surface area contributed by atoms with Crippen LogP contribution < -0.4 is 4.72 Å². The van der Waals surface area contributed by atoms with Crippen LogP contribution in [-0.4, -0.2) is 29.6 Å². The second-order valence-electron chi connectivity index (χ2n) is 6.09. The van der Waals surface area contributed by atoms with Crippen LogP contribution in [0.2, 0.25) is 0 Å². The van der Waals surface area contributed by atoms with Crippen molar-refractivity contribution < 1.29 is 8.42 Å². The molecule has 3 aromatic rings. The van der Waals surface area contributed by atoms with Crippen LogP contribution in [0, 0.1) is 17.2 Å². The molecule has 4 rings (SSSR count). The van der Waals surface area contributed by atoms with Gasteiger partial charge in [-0.1, -0.05) is 12.1 Å². The molecule has 1 fully saturated rings. The van der Waals surface area contributed by atoms with Gasteiger partial charge in [-0.15, -0.1) is 0 Å². The highest BCUT2D eigenvalue weighted by Gasteiger charge is 2.25. The summed E-state index contributed by atoms with van der Waals surface area (Å²) < 4.78 is 29.5. The lowest BCUT2D eigenvalue weighted by molar-refractivity contribution is 0.577. The molecule has 0 atom stereocenters. The number of benzene rings is 1. The fraction of sp³-hybridized carbons (Fsp3) is 0.235. The number of nitriles is 1. The van der Waals surface area contributed by atoms with Gasteiger partial charge in [0.2, 0.25) is 10.0 Å². The summed E-state index contributed by atoms with van der Waals surface area (Å²) in [4.78, 5) is 4.29. The summed E-state index contributed by atoms with van der Waals surface area (Å²) in [6.45, 7) is 0.465. The Morgan fingerprint density at radius 1 is 1.24 bits per heavy atom. The summed E-state index contributed by atoms with van der Waals surface area (Å²) >= 11 is 0. The summed E-state index contributed by atoms with van der Waals surface area (Å²) in [7, 11) is -3.61. The van der Waals surface area contributed by atoms with Gasteiger partial charge in [-0.25, -0.2) is 22.6 Å². The Balaban J connectivity index is 1.80. The van der Waals surface area contributed by atoms with Crippen molar-refractivity contribution in [3.63, 3.8) is 0 Å². The number of aromatic nitrogens is 3. The molecule has 1 aliphatic rings. The first-order valence-electron chi connectivity index (χ1n) is 7.91. The van der Waals surface area contributed by atoms with E-state index in [9.17, 15) is 8.42 Å². The van der Waals surface area contributed by atoms with Crippen molar-refractivity contribution in [3.05, 3.63) is 48.3 Å². The summed E-state index contributed by atoms with van der Waals surface area (Å²) in [5, 5.41) is 13.1. The Bertz CT molecular complexity index is 1080. The van der Waals surface area contributed by atoms with Crippen LogP contribution in [-0.2, 0) is 10.0 Å². The molecule has 0 amide bonds. The maximum atomic E-state index is 12.6. The number of pyridine rings is 1. The molecule has 126 valence electrons. The van der Waals surface area contributed by atoms with Crippen LogP contribution >= 0.6 is 0 Å². The normalized spacial score (nSPS) is 14.5. The molecule has 2 heterocycles. The van der Waals surface area contributed by atoms with E-state index < -0.39 is 10.0 Å². The van der Waals surface area contributed by atoms with Gasteiger partial charge in [-0.2, -0.15) is 10.4 Å². The van der Waals surface area contributed by atoms with E-state index in [-0.39, 0.29) is 4.90 Å². The first-order valence-corrected chi connectivity index (χ1v) is 9.39. The summed E-state index contributed by atoms with van der Waals surface area (Å²) in [6.07, 6.45) is 3.53. The minimum Gasteiger partial charge on any atom is -0.215 e. The van der Waals surface area contributed by atoms with Gasteiger partial charge in [0.05, 0.1) is 22.2 Å². The average molecular weight is 353 g/mol. The highest BCUT2D eigenvalue weighted by Crippen LogP contribution is 2.29. The molecule has 0 unspecified atom stereocenters. The van der Waals surface area contributed by atoms with Crippen molar-refractivity contribution in [2.75, 3.05) is 6.54 Å². The van der Waals surface area contributed by atoms with Gasteiger partial charge in [0.25, 0.3) is 0 Å². The number of hydrogen-bond donors (Lipinski definition) is 1. The average Bonchev–Trinajstić information content (AvgIpc) is 3.34. The van der Waals surface area contributed by atoms with Crippen LogP contribution in [0.25, 0.3) is 16.9 Å². The zero-order valence-corrected chi connectivity index (χ0v) is 14.1. The number of rotatable bonds is 5. The molecular formula is C17H15N5O2S. The minimum atomic E-state index is -3.61. The molecule has 2 aromatic heterocycles. The van der Waals surface area contributed by atoms with Crippen LogP contribution in [0.1, 0.15) is 18.4 Å². The third kappa shape index (κ3) is 3.12. The monoisotopic (exact) mass is 353 g/mol. The molecule has 0 bridgehead atoms. The second-order valence-corrected chi connectivity index (χ2v) is 7.86. The van der Waals surface area contributed by atoms with Crippen molar-refractivity contribution >= 4 is 15.7 Å². The maximum Gasteiger partial charge on any atom is 0.240 e. The lowest BCUT2D eigenvalue weighted by Gasteiger charge is -2.10. The van der Waals surface area contributed by atoms with Crippen molar-refractivity contribution in [1.82, 2.24) is 19.3 Å². The molecule has 1 aliphatic carbocycles. The quantitative estimate of drug-likeness (QED) is 0.756. The van der Waals surface area contributed by atoms with E-state index in [1.54, 1.807) is 34.8 Å². The summed E-state index contributed by atoms with van der Waals surface area (Å²) in [5.74, 6) is 0.449. The lowest BCUT2D eigenvalue weighted by atomic mass is 10.1. The minimum absolute atomic E-state index is 0.160. The van der Waals surface area contributed by atoms with E-state index in [4.69, 9.17) is 5.26 Å². The second kappa shape index (κ2) is 5.95. The first-order chi connectivity index (χ1) is 12.1. The third-order valence-electron chi connectivity index (χ3n) is 4.23. The van der Waals surface area contributed by atoms with Crippen molar-refractivity contribution in [2.45, 2.75) is 17.7 Å². The van der Waals surface area contributed by atoms with Crippen LogP contribution in [0.4, 0.5) is 0 Å². The smallest absolute Gasteiger partial charge is 0.215 e. The fourth-order valence-corrected chi connectivity index (χ4v) is 3.76. The number of hydrogen-bond acceptors (Lipinski definition) is 5. The first kappa shape index (κ1) is 15.7. The summed E-state index contributed by atoms with van der Waals surface area (Å²) in [6, 6.07) is 12.1. The van der Waals surface area contributed by atoms with E-state index in [0.717, 1.165) is 18.4 Å². The molecule has 1 N–H and O–H groups in total. The molecule has 0 radical (unpaired) electrons. The van der Waals surface area contributed by atoms with Gasteiger partial charge < -0.3 is 0 Å². The molecule has 0 aliphatic heterocycles. The van der Waals surface area contributed by atoms with Gasteiger partial charge in [-0.3, -0.25) is 0 Å². The molecular weight excluding hydrogens is 338 g/mol. The largest absolute Gasteiger partial charge is 0.240 e. The highest BCUT2D eigenvalue weighted by atomic mass is 32.2. The Kier molecular flexibility index (Phi) is 3.75. The Morgan fingerprint density at radius 3 is 2.68 bits per heavy atom. The van der Waals surface area contributed by atoms with Gasteiger partial charge in [-0.05, 0) is 37.0 Å². The molecule has 1 saturated carbocycles. The highest BCUT2D eigenvalue weighted by molar-refractivity contribution is 7.89. The van der Waals surface area contributed by atoms with Crippen molar-refractivity contribution in [2.24, 2.45) is 5.92 Å². The van der Waals surface area contributed by atoms with E-state index in [1.807, 2.05) is 0 Å². The third-order valence-corrected chi connectivity index (χ3v) is 5.63. The van der Waals surface area contributed by atoms with E-state index in [2.05, 4.69) is 20.9 Å². The Labute approximate surface area is 145 Å². The molecule has 0 saturated heterocycles. The van der Waals surface area contributed by atoms with Crippen molar-refractivity contribution in [3.8, 4) is 17.3 Å². The number of sulfonamides is 1. The molecule has 25 heavy (non-hydrogen) atoms. The Hall–Kier alpha value is -2.76. The lowest BCUT2D eigenvalue weighted by Crippen LogP contribution is -2.26. The van der Waals surface area contributed by atoms with Crippen LogP contribution in [0.15, 0.2) is 47.6 Å². The zero-order chi connectivity index (χ0) is 17.4. The van der Waals surface area contributed by atoms with Crippen LogP contribution in [0.3, 0.4) is 0 Å². The SMILES string of the molecule is N#Cc1ccc(-c2cc(S(=O)(=O)NCC3CC3)cc3ncnn23)cc1. The summed E-state index contributed by atoms with van der Waals surface area (Å²) in [5.41, 5.74) is 2.35. The number of nitrogens with one attached hydrogen (secondary N) is 1. The molecule has 0 spiro atoms. The predicted octanol–water partition coefficient (Wildman–Crippen LogP) is 1.96. The molecule has 8 heteroatoms. The van der Waals surface area contributed by atoms with Gasteiger partial charge in [0.1, 0.15) is 6.33 Å². The predicted molar refractivity (Wildman–Crippen MR) is 91.1 cm³/mol. The van der Waals surface area contributed by atoms with Crippen LogP contribution in [0.5, 0.6) is 0 Å². The van der Waals surface area contributed by atoms with E-state index in [1.165, 1.54) is 12.4 Å². The Morgan fingerprint density at radius 2 is 2.00 bits per heavy atom. The number of nitrogens with zero attached hydrogens (tertiary/aromatic N) is 4. The van der Waals surface area contributed by atoms with Gasteiger partial charge in [0.15, 0.2) is 5.65 Å². The molecule has 7 nitrogen and oxygen atoms in total. The van der Waals surface area contributed by atoms with E-state index in [0.29, 0.717) is 29.4 Å². The fourth-order valence-electron chi connectivity index (χ4n) is 2.61. The maximum absolute atomic E-state index is 12.6. The topological polar surface area (TPSA) is 100 Å². The number of fused-ring (bicyclic) bond motifs is 1. The standard InChI is InChI=1S/C17H15N5O2S/c18-9-12-3-5-14(6-4-12)16-7-15(8-17-19-11-20-22(16)17)25(23,24)21-10-13-1-2-13/h3-8,11,13,21H,1-2,10H2. The zero-order valence-electron chi connectivity index (χ0n) is 13.3. The van der Waals surface area contributed by atoms with E-state index >= 15 is 0 Å².